The highest BCUT2D eigenvalue weighted by atomic mass is 19.4. The molecule has 2 amide bonds. The number of hydrogen-bond donors (Lipinski definition) is 0. The number of nitrogens with zero attached hydrogens (tertiary/aromatic N) is 2. The Kier molecular flexibility index (Phi) is 4.95. The van der Waals surface area contributed by atoms with Crippen LogP contribution in [-0.2, 0) is 11.0 Å². The lowest BCUT2D eigenvalue weighted by Crippen LogP contribution is -2.57. The number of halogens is 3. The average molecular weight is 376 g/mol. The lowest BCUT2D eigenvalue weighted by molar-refractivity contribution is -0.137. The third-order valence-corrected chi connectivity index (χ3v) is 4.67. The van der Waals surface area contributed by atoms with Gasteiger partial charge in [0.25, 0.3) is 5.91 Å². The standard InChI is InChI=1S/C20H19F3N2O2/c1-13-5-3-6-15(11-13)19(27)24-9-10-25(18(26)14(24)2)17-8-4-7-16(12-17)20(21,22)23/h3-8,11-12,14H,9-10H2,1-2H3. The van der Waals surface area contributed by atoms with E-state index in [1.807, 2.05) is 13.0 Å². The summed E-state index contributed by atoms with van der Waals surface area (Å²) in [6, 6.07) is 11.0. The van der Waals surface area contributed by atoms with Crippen molar-refractivity contribution in [2.75, 3.05) is 18.0 Å². The van der Waals surface area contributed by atoms with Gasteiger partial charge in [-0.05, 0) is 44.2 Å². The van der Waals surface area contributed by atoms with E-state index in [4.69, 9.17) is 0 Å². The minimum atomic E-state index is -4.48. The van der Waals surface area contributed by atoms with Crippen molar-refractivity contribution in [1.82, 2.24) is 4.90 Å². The fraction of sp³-hybridized carbons (Fsp3) is 0.300. The Labute approximate surface area is 155 Å². The summed E-state index contributed by atoms with van der Waals surface area (Å²) in [5, 5.41) is 0. The molecule has 3 rings (SSSR count). The van der Waals surface area contributed by atoms with Gasteiger partial charge in [-0.2, -0.15) is 13.2 Å². The minimum absolute atomic E-state index is 0.141. The van der Waals surface area contributed by atoms with Crippen LogP contribution < -0.4 is 4.90 Å². The summed E-state index contributed by atoms with van der Waals surface area (Å²) < 4.78 is 38.8. The first-order valence-corrected chi connectivity index (χ1v) is 8.55. The van der Waals surface area contributed by atoms with Crippen LogP contribution in [0.5, 0.6) is 0 Å². The quantitative estimate of drug-likeness (QED) is 0.798. The first-order valence-electron chi connectivity index (χ1n) is 8.55. The van der Waals surface area contributed by atoms with Crippen molar-refractivity contribution in [3.63, 3.8) is 0 Å². The predicted octanol–water partition coefficient (Wildman–Crippen LogP) is 3.89. The van der Waals surface area contributed by atoms with Gasteiger partial charge < -0.3 is 9.80 Å². The van der Waals surface area contributed by atoms with Gasteiger partial charge in [0.15, 0.2) is 0 Å². The number of anilines is 1. The number of piperazine rings is 1. The molecule has 1 aliphatic rings. The zero-order valence-corrected chi connectivity index (χ0v) is 15.0. The zero-order chi connectivity index (χ0) is 19.8. The number of aryl methyl sites for hydroxylation is 1. The fourth-order valence-corrected chi connectivity index (χ4v) is 3.20. The highest BCUT2D eigenvalue weighted by molar-refractivity contribution is 6.03. The lowest BCUT2D eigenvalue weighted by atomic mass is 10.1. The highest BCUT2D eigenvalue weighted by Gasteiger charge is 2.36. The summed E-state index contributed by atoms with van der Waals surface area (Å²) in [5.41, 5.74) is 0.799. The molecule has 1 saturated heterocycles. The van der Waals surface area contributed by atoms with Gasteiger partial charge in [-0.25, -0.2) is 0 Å². The van der Waals surface area contributed by atoms with Crippen LogP contribution in [-0.4, -0.2) is 35.8 Å². The number of carbonyl (C=O) groups excluding carboxylic acids is 2. The number of carbonyl (C=O) groups is 2. The molecular formula is C20H19F3N2O2. The van der Waals surface area contributed by atoms with Crippen LogP contribution in [0.1, 0.15) is 28.4 Å². The maximum absolute atomic E-state index is 12.9. The van der Waals surface area contributed by atoms with E-state index in [2.05, 4.69) is 0 Å². The molecule has 1 heterocycles. The van der Waals surface area contributed by atoms with Crippen molar-refractivity contribution >= 4 is 17.5 Å². The first-order chi connectivity index (χ1) is 12.7. The average Bonchev–Trinajstić information content (AvgIpc) is 2.63. The van der Waals surface area contributed by atoms with Crippen molar-refractivity contribution in [3.05, 3.63) is 65.2 Å². The van der Waals surface area contributed by atoms with Crippen molar-refractivity contribution in [1.29, 1.82) is 0 Å². The third-order valence-electron chi connectivity index (χ3n) is 4.67. The van der Waals surface area contributed by atoms with E-state index < -0.39 is 23.7 Å². The molecule has 0 aliphatic carbocycles. The van der Waals surface area contributed by atoms with Crippen LogP contribution in [0.25, 0.3) is 0 Å². The van der Waals surface area contributed by atoms with Crippen molar-refractivity contribution in [3.8, 4) is 0 Å². The molecule has 0 saturated carbocycles. The van der Waals surface area contributed by atoms with Gasteiger partial charge in [0.05, 0.1) is 5.56 Å². The number of alkyl halides is 3. The monoisotopic (exact) mass is 376 g/mol. The normalized spacial score (nSPS) is 18.0. The molecule has 1 atom stereocenters. The van der Waals surface area contributed by atoms with E-state index in [0.717, 1.165) is 17.7 Å². The van der Waals surface area contributed by atoms with Crippen LogP contribution >= 0.6 is 0 Å². The SMILES string of the molecule is Cc1cccc(C(=O)N2CCN(c3cccc(C(F)(F)F)c3)C(=O)C2C)c1. The zero-order valence-electron chi connectivity index (χ0n) is 15.0. The van der Waals surface area contributed by atoms with Crippen LogP contribution in [0.2, 0.25) is 0 Å². The summed E-state index contributed by atoms with van der Waals surface area (Å²) in [5.74, 6) is -0.662. The Morgan fingerprint density at radius 1 is 1.07 bits per heavy atom. The Morgan fingerprint density at radius 2 is 1.78 bits per heavy atom. The first kappa shape index (κ1) is 18.9. The maximum Gasteiger partial charge on any atom is 0.416 e. The molecule has 1 fully saturated rings. The third kappa shape index (κ3) is 3.82. The number of rotatable bonds is 2. The molecule has 142 valence electrons. The predicted molar refractivity (Wildman–Crippen MR) is 95.5 cm³/mol. The Balaban J connectivity index is 1.82. The maximum atomic E-state index is 12.9. The molecule has 4 nitrogen and oxygen atoms in total. The summed E-state index contributed by atoms with van der Waals surface area (Å²) in [4.78, 5) is 28.3. The van der Waals surface area contributed by atoms with Crippen LogP contribution in [0.3, 0.4) is 0 Å². The Bertz CT molecular complexity index is 880. The molecule has 1 unspecified atom stereocenters. The van der Waals surface area contributed by atoms with Crippen LogP contribution in [0, 0.1) is 6.92 Å². The summed E-state index contributed by atoms with van der Waals surface area (Å²) in [6.45, 7) is 3.85. The van der Waals surface area contributed by atoms with Gasteiger partial charge >= 0.3 is 6.18 Å². The molecule has 1 aliphatic heterocycles. The van der Waals surface area contributed by atoms with E-state index >= 15 is 0 Å². The molecule has 0 aromatic heterocycles. The van der Waals surface area contributed by atoms with Gasteiger partial charge in [0.1, 0.15) is 6.04 Å². The van der Waals surface area contributed by atoms with E-state index in [9.17, 15) is 22.8 Å². The summed E-state index contributed by atoms with van der Waals surface area (Å²) in [6.07, 6.45) is -4.48. The fourth-order valence-electron chi connectivity index (χ4n) is 3.20. The molecule has 0 radical (unpaired) electrons. The molecular weight excluding hydrogens is 357 g/mol. The van der Waals surface area contributed by atoms with Crippen molar-refractivity contribution < 1.29 is 22.8 Å². The van der Waals surface area contributed by atoms with Gasteiger partial charge in [0.2, 0.25) is 5.91 Å². The van der Waals surface area contributed by atoms with E-state index in [1.165, 1.54) is 21.9 Å². The second kappa shape index (κ2) is 7.06. The van der Waals surface area contributed by atoms with E-state index in [0.29, 0.717) is 5.56 Å². The molecule has 0 spiro atoms. The summed E-state index contributed by atoms with van der Waals surface area (Å²) >= 11 is 0. The lowest BCUT2D eigenvalue weighted by Gasteiger charge is -2.39. The highest BCUT2D eigenvalue weighted by Crippen LogP contribution is 2.32. The van der Waals surface area contributed by atoms with Crippen molar-refractivity contribution in [2.24, 2.45) is 0 Å². The van der Waals surface area contributed by atoms with Crippen LogP contribution in [0.4, 0.5) is 18.9 Å². The number of amides is 2. The molecule has 7 heteroatoms. The number of hydrogen-bond acceptors (Lipinski definition) is 2. The largest absolute Gasteiger partial charge is 0.416 e. The number of benzene rings is 2. The Morgan fingerprint density at radius 3 is 2.44 bits per heavy atom. The van der Waals surface area contributed by atoms with E-state index in [1.54, 1.807) is 25.1 Å². The van der Waals surface area contributed by atoms with Gasteiger partial charge in [-0.1, -0.05) is 23.8 Å². The molecule has 27 heavy (non-hydrogen) atoms. The van der Waals surface area contributed by atoms with Gasteiger partial charge in [-0.15, -0.1) is 0 Å². The minimum Gasteiger partial charge on any atom is -0.325 e. The Hall–Kier alpha value is -2.83. The smallest absolute Gasteiger partial charge is 0.325 e. The van der Waals surface area contributed by atoms with Crippen LogP contribution in [0.15, 0.2) is 48.5 Å². The molecule has 2 aromatic rings. The van der Waals surface area contributed by atoms with Gasteiger partial charge in [0, 0.05) is 24.3 Å². The molecule has 0 bridgehead atoms. The van der Waals surface area contributed by atoms with E-state index in [-0.39, 0.29) is 24.7 Å². The molecule has 0 N–H and O–H groups in total. The molecule has 2 aromatic carbocycles. The van der Waals surface area contributed by atoms with Gasteiger partial charge in [-0.3, -0.25) is 9.59 Å². The second-order valence-corrected chi connectivity index (χ2v) is 6.58. The topological polar surface area (TPSA) is 40.6 Å². The van der Waals surface area contributed by atoms with Crippen molar-refractivity contribution in [2.45, 2.75) is 26.1 Å². The second-order valence-electron chi connectivity index (χ2n) is 6.58. The summed E-state index contributed by atoms with van der Waals surface area (Å²) in [7, 11) is 0.